The molecule has 4 aromatic rings. The summed E-state index contributed by atoms with van der Waals surface area (Å²) in [6.45, 7) is 2.50. The zero-order valence-corrected chi connectivity index (χ0v) is 17.8. The Kier molecular flexibility index (Phi) is 6.04. The van der Waals surface area contributed by atoms with Crippen LogP contribution in [0.15, 0.2) is 75.6 Å². The molecule has 0 fully saturated rings. The van der Waals surface area contributed by atoms with E-state index in [1.165, 1.54) is 17.0 Å². The minimum absolute atomic E-state index is 0.202. The van der Waals surface area contributed by atoms with E-state index in [1.54, 1.807) is 48.8 Å². The first kappa shape index (κ1) is 21.3. The van der Waals surface area contributed by atoms with Crippen LogP contribution >= 0.6 is 11.6 Å². The Bertz CT molecular complexity index is 1440. The van der Waals surface area contributed by atoms with Gasteiger partial charge in [0, 0.05) is 34.7 Å². The summed E-state index contributed by atoms with van der Waals surface area (Å²) in [5.41, 5.74) is 0.471. The summed E-state index contributed by atoms with van der Waals surface area (Å²) in [7, 11) is 0. The monoisotopic (exact) mass is 450 g/mol. The minimum atomic E-state index is -0.618. The van der Waals surface area contributed by atoms with Crippen LogP contribution in [-0.2, 0) is 0 Å². The molecule has 0 saturated carbocycles. The topological polar surface area (TPSA) is 110 Å². The molecule has 32 heavy (non-hydrogen) atoms. The largest absolute Gasteiger partial charge is 0.494 e. The molecule has 0 spiro atoms. The lowest BCUT2D eigenvalue weighted by atomic mass is 10.0. The average molecular weight is 451 g/mol. The molecule has 162 valence electrons. The van der Waals surface area contributed by atoms with Gasteiger partial charge in [0.2, 0.25) is 0 Å². The Balaban J connectivity index is 1.99. The second-order valence-electron chi connectivity index (χ2n) is 7.04. The lowest BCUT2D eigenvalue weighted by Gasteiger charge is -2.13. The highest BCUT2D eigenvalue weighted by Gasteiger charge is 2.15. The van der Waals surface area contributed by atoms with Gasteiger partial charge in [0.1, 0.15) is 5.75 Å². The molecule has 0 unspecified atom stereocenters. The number of rotatable bonds is 6. The van der Waals surface area contributed by atoms with Gasteiger partial charge in [-0.25, -0.2) is 4.79 Å². The average Bonchev–Trinajstić information content (AvgIpc) is 2.78. The molecular weight excluding hydrogens is 432 g/mol. The van der Waals surface area contributed by atoms with Gasteiger partial charge in [0.05, 0.1) is 24.1 Å². The molecule has 0 aliphatic rings. The van der Waals surface area contributed by atoms with Crippen molar-refractivity contribution in [2.45, 2.75) is 13.3 Å². The minimum Gasteiger partial charge on any atom is -0.494 e. The molecule has 0 radical (unpaired) electrons. The molecular formula is C23H19ClN4O4. The van der Waals surface area contributed by atoms with Crippen molar-refractivity contribution in [1.29, 1.82) is 0 Å². The number of hydrogen-bond acceptors (Lipinski definition) is 5. The number of benzene rings is 1. The van der Waals surface area contributed by atoms with Crippen LogP contribution in [0.3, 0.4) is 0 Å². The summed E-state index contributed by atoms with van der Waals surface area (Å²) in [5.74, 6) is 0.536. The van der Waals surface area contributed by atoms with E-state index in [9.17, 15) is 14.4 Å². The van der Waals surface area contributed by atoms with Crippen molar-refractivity contribution >= 4 is 11.6 Å². The predicted molar refractivity (Wildman–Crippen MR) is 123 cm³/mol. The summed E-state index contributed by atoms with van der Waals surface area (Å²) >= 11 is 6.29. The van der Waals surface area contributed by atoms with Gasteiger partial charge in [0.25, 0.3) is 11.1 Å². The third-order valence-electron chi connectivity index (χ3n) is 4.73. The van der Waals surface area contributed by atoms with Crippen LogP contribution in [0.1, 0.15) is 13.3 Å². The van der Waals surface area contributed by atoms with Crippen LogP contribution in [0.4, 0.5) is 0 Å². The van der Waals surface area contributed by atoms with Gasteiger partial charge in [-0.05, 0) is 48.4 Å². The van der Waals surface area contributed by atoms with Crippen LogP contribution in [0.2, 0.25) is 5.02 Å². The molecule has 1 aromatic carbocycles. The van der Waals surface area contributed by atoms with E-state index < -0.39 is 11.2 Å². The fourth-order valence-electron chi connectivity index (χ4n) is 3.27. The molecule has 0 atom stereocenters. The number of nitrogens with zero attached hydrogens (tertiary/aromatic N) is 2. The second kappa shape index (κ2) is 9.07. The molecule has 0 bridgehead atoms. The van der Waals surface area contributed by atoms with Crippen molar-refractivity contribution in [3.8, 4) is 33.7 Å². The van der Waals surface area contributed by atoms with Crippen LogP contribution < -0.4 is 21.5 Å². The van der Waals surface area contributed by atoms with Crippen LogP contribution in [0, 0.1) is 0 Å². The number of pyridine rings is 2. The van der Waals surface area contributed by atoms with Crippen molar-refractivity contribution in [2.24, 2.45) is 0 Å². The van der Waals surface area contributed by atoms with Gasteiger partial charge in [-0.2, -0.15) is 0 Å². The molecule has 0 aliphatic heterocycles. The number of aromatic nitrogens is 4. The first-order chi connectivity index (χ1) is 15.5. The molecule has 0 amide bonds. The third kappa shape index (κ3) is 4.40. The molecule has 2 N–H and O–H groups in total. The number of nitrogens with one attached hydrogen (secondary N) is 2. The number of ether oxygens (including phenoxy) is 1. The molecule has 4 rings (SSSR count). The summed E-state index contributed by atoms with van der Waals surface area (Å²) in [6.07, 6.45) is 6.80. The maximum Gasteiger partial charge on any atom is 0.325 e. The fourth-order valence-corrected chi connectivity index (χ4v) is 3.49. The predicted octanol–water partition coefficient (Wildman–Crippen LogP) is 3.39. The Morgan fingerprint density at radius 2 is 1.94 bits per heavy atom. The molecule has 3 aromatic heterocycles. The first-order valence-corrected chi connectivity index (χ1v) is 10.3. The van der Waals surface area contributed by atoms with Crippen LogP contribution in [-0.4, -0.2) is 26.1 Å². The molecule has 8 nitrogen and oxygen atoms in total. The normalized spacial score (nSPS) is 10.8. The van der Waals surface area contributed by atoms with E-state index >= 15 is 0 Å². The maximum absolute atomic E-state index is 13.4. The van der Waals surface area contributed by atoms with Gasteiger partial charge in [-0.15, -0.1) is 0 Å². The summed E-state index contributed by atoms with van der Waals surface area (Å²) in [4.78, 5) is 46.1. The lowest BCUT2D eigenvalue weighted by molar-refractivity contribution is 0.317. The van der Waals surface area contributed by atoms with E-state index in [1.807, 2.05) is 6.92 Å². The summed E-state index contributed by atoms with van der Waals surface area (Å²) in [5, 5.41) is 0.410. The standard InChI is InChI=1S/C23H19ClN4O4/c1-2-6-32-18-8-14(7-16(24)10-18)19-9-15(20-12-26-23(31)27-21(20)29)13-28(22(19)30)17-4-3-5-25-11-17/h3-5,7-13H,2,6H2,1H3,(H2,26,27,29,31). The van der Waals surface area contributed by atoms with E-state index in [-0.39, 0.29) is 11.1 Å². The summed E-state index contributed by atoms with van der Waals surface area (Å²) in [6, 6.07) is 10.1. The van der Waals surface area contributed by atoms with E-state index in [0.29, 0.717) is 39.8 Å². The van der Waals surface area contributed by atoms with Crippen molar-refractivity contribution in [2.75, 3.05) is 6.61 Å². The van der Waals surface area contributed by atoms with Crippen molar-refractivity contribution in [1.82, 2.24) is 19.5 Å². The smallest absolute Gasteiger partial charge is 0.325 e. The van der Waals surface area contributed by atoms with Gasteiger partial charge in [0.15, 0.2) is 0 Å². The Morgan fingerprint density at radius 3 is 2.66 bits per heavy atom. The molecule has 3 heterocycles. The van der Waals surface area contributed by atoms with Crippen LogP contribution in [0.5, 0.6) is 5.75 Å². The van der Waals surface area contributed by atoms with E-state index in [4.69, 9.17) is 16.3 Å². The number of halogens is 1. The van der Waals surface area contributed by atoms with Crippen LogP contribution in [0.25, 0.3) is 27.9 Å². The number of hydrogen-bond donors (Lipinski definition) is 2. The quantitative estimate of drug-likeness (QED) is 0.468. The van der Waals surface area contributed by atoms with E-state index in [0.717, 1.165) is 6.42 Å². The number of H-pyrrole nitrogens is 2. The molecule has 9 heteroatoms. The maximum atomic E-state index is 13.4. The van der Waals surface area contributed by atoms with Crippen molar-refractivity contribution < 1.29 is 4.74 Å². The lowest BCUT2D eigenvalue weighted by Crippen LogP contribution is -2.24. The van der Waals surface area contributed by atoms with Gasteiger partial charge < -0.3 is 9.72 Å². The number of aromatic amines is 2. The van der Waals surface area contributed by atoms with Crippen molar-refractivity contribution in [3.05, 3.63) is 97.4 Å². The van der Waals surface area contributed by atoms with Gasteiger partial charge in [-0.3, -0.25) is 24.1 Å². The SMILES string of the molecule is CCCOc1cc(Cl)cc(-c2cc(-c3c[nH]c(=O)[nH]c3=O)cn(-c3cccnc3)c2=O)c1. The van der Waals surface area contributed by atoms with Gasteiger partial charge >= 0.3 is 5.69 Å². The Morgan fingerprint density at radius 1 is 1.09 bits per heavy atom. The zero-order valence-electron chi connectivity index (χ0n) is 17.1. The molecule has 0 saturated heterocycles. The highest BCUT2D eigenvalue weighted by atomic mass is 35.5. The third-order valence-corrected chi connectivity index (χ3v) is 4.94. The zero-order chi connectivity index (χ0) is 22.7. The highest BCUT2D eigenvalue weighted by molar-refractivity contribution is 6.31. The van der Waals surface area contributed by atoms with E-state index in [2.05, 4.69) is 15.0 Å². The fraction of sp³-hybridized carbons (Fsp3) is 0.130. The first-order valence-electron chi connectivity index (χ1n) is 9.89. The summed E-state index contributed by atoms with van der Waals surface area (Å²) < 4.78 is 7.10. The Hall–Kier alpha value is -3.91. The molecule has 0 aliphatic carbocycles. The van der Waals surface area contributed by atoms with Gasteiger partial charge in [-0.1, -0.05) is 18.5 Å². The second-order valence-corrected chi connectivity index (χ2v) is 7.47. The Labute approximate surface area is 187 Å². The van der Waals surface area contributed by atoms with Crippen molar-refractivity contribution in [3.63, 3.8) is 0 Å². The highest BCUT2D eigenvalue weighted by Crippen LogP contribution is 2.29.